The molecule has 0 spiro atoms. The topological polar surface area (TPSA) is 18.5 Å². The van der Waals surface area contributed by atoms with Crippen molar-refractivity contribution in [2.45, 2.75) is 44.7 Å². The predicted molar refractivity (Wildman–Crippen MR) is 117 cm³/mol. The van der Waals surface area contributed by atoms with E-state index < -0.39 is 12.1 Å². The second-order valence-corrected chi connectivity index (χ2v) is 7.56. The second-order valence-electron chi connectivity index (χ2n) is 7.56. The quantitative estimate of drug-likeness (QED) is 0.343. The molecule has 0 aliphatic carbocycles. The molecule has 31 heavy (non-hydrogen) atoms. The average molecular weight is 428 g/mol. The molecular weight excluding hydrogens is 401 g/mol. The van der Waals surface area contributed by atoms with Crippen LogP contribution < -0.4 is 9.47 Å². The van der Waals surface area contributed by atoms with Gasteiger partial charge in [-0.15, -0.1) is 0 Å². The van der Waals surface area contributed by atoms with Gasteiger partial charge in [0.25, 0.3) is 0 Å². The summed E-state index contributed by atoms with van der Waals surface area (Å²) in [7, 11) is 0. The summed E-state index contributed by atoms with van der Waals surface area (Å²) in [4.78, 5) is 0. The molecule has 0 bridgehead atoms. The van der Waals surface area contributed by atoms with Gasteiger partial charge < -0.3 is 9.47 Å². The monoisotopic (exact) mass is 428 g/mol. The summed E-state index contributed by atoms with van der Waals surface area (Å²) in [5.74, 6) is 0.436. The maximum atomic E-state index is 13.8. The van der Waals surface area contributed by atoms with Crippen molar-refractivity contribution in [1.29, 1.82) is 0 Å². The summed E-state index contributed by atoms with van der Waals surface area (Å²) >= 11 is 0. The van der Waals surface area contributed by atoms with Crippen LogP contribution in [-0.4, -0.2) is 12.8 Å². The normalized spacial score (nSPS) is 13.5. The molecule has 164 valence electrons. The van der Waals surface area contributed by atoms with E-state index in [9.17, 15) is 13.2 Å². The number of benzene rings is 3. The summed E-state index contributed by atoms with van der Waals surface area (Å²) < 4.78 is 52.5. The van der Waals surface area contributed by atoms with E-state index in [-0.39, 0.29) is 17.9 Å². The predicted octanol–water partition coefficient (Wildman–Crippen LogP) is 8.11. The minimum absolute atomic E-state index is 0.0163. The molecule has 0 saturated carbocycles. The zero-order valence-corrected chi connectivity index (χ0v) is 17.7. The maximum Gasteiger partial charge on any atom is 0.395 e. The molecule has 3 rings (SSSR count). The van der Waals surface area contributed by atoms with Crippen LogP contribution in [0.5, 0.6) is 17.2 Å². The third-order valence-corrected chi connectivity index (χ3v) is 5.28. The fraction of sp³-hybridized carbons (Fsp3) is 0.308. The fourth-order valence-corrected chi connectivity index (χ4v) is 3.57. The lowest BCUT2D eigenvalue weighted by molar-refractivity contribution is -0.152. The average Bonchev–Trinajstić information content (AvgIpc) is 2.75. The van der Waals surface area contributed by atoms with Gasteiger partial charge in [0.05, 0.1) is 12.5 Å². The zero-order chi connectivity index (χ0) is 22.3. The van der Waals surface area contributed by atoms with E-state index in [1.807, 2.05) is 68.4 Å². The van der Waals surface area contributed by atoms with Crippen molar-refractivity contribution in [1.82, 2.24) is 0 Å². The van der Waals surface area contributed by atoms with Crippen LogP contribution in [0.4, 0.5) is 13.2 Å². The highest BCUT2D eigenvalue weighted by atomic mass is 19.4. The standard InChI is InChI=1S/C26H27F3O2/c1-3-30-22-15-13-20(14-16-22)25(26(27,28)29)17-12-19(2)21-8-7-11-24(18-21)31-23-9-5-4-6-10-23/h4-11,13-16,18-19,25H,3,12,17H2,1-2H3. The Bertz CT molecular complexity index is 937. The van der Waals surface area contributed by atoms with Gasteiger partial charge in [0.15, 0.2) is 0 Å². The van der Waals surface area contributed by atoms with Crippen LogP contribution in [-0.2, 0) is 0 Å². The molecule has 2 unspecified atom stereocenters. The molecule has 0 aromatic heterocycles. The van der Waals surface area contributed by atoms with Gasteiger partial charge in [0.1, 0.15) is 17.2 Å². The number of hydrogen-bond acceptors (Lipinski definition) is 2. The number of rotatable bonds is 9. The molecule has 0 aliphatic heterocycles. The number of hydrogen-bond donors (Lipinski definition) is 0. The van der Waals surface area contributed by atoms with Crippen LogP contribution in [0.3, 0.4) is 0 Å². The molecule has 2 nitrogen and oxygen atoms in total. The minimum atomic E-state index is -4.30. The van der Waals surface area contributed by atoms with E-state index in [1.54, 1.807) is 12.1 Å². The van der Waals surface area contributed by atoms with E-state index in [2.05, 4.69) is 0 Å². The van der Waals surface area contributed by atoms with E-state index in [0.717, 1.165) is 11.3 Å². The molecule has 0 saturated heterocycles. The number of halogens is 3. The van der Waals surface area contributed by atoms with Crippen molar-refractivity contribution < 1.29 is 22.6 Å². The molecule has 3 aromatic rings. The van der Waals surface area contributed by atoms with Gasteiger partial charge in [-0.05, 0) is 73.2 Å². The lowest BCUT2D eigenvalue weighted by atomic mass is 9.87. The Labute approximate surface area is 181 Å². The van der Waals surface area contributed by atoms with Gasteiger partial charge >= 0.3 is 6.18 Å². The third-order valence-electron chi connectivity index (χ3n) is 5.28. The summed E-state index contributed by atoms with van der Waals surface area (Å²) in [6, 6.07) is 23.2. The van der Waals surface area contributed by atoms with Crippen LogP contribution in [0.1, 0.15) is 49.7 Å². The molecule has 0 heterocycles. The summed E-state index contributed by atoms with van der Waals surface area (Å²) in [5.41, 5.74) is 1.23. The van der Waals surface area contributed by atoms with E-state index >= 15 is 0 Å². The van der Waals surface area contributed by atoms with Crippen LogP contribution >= 0.6 is 0 Å². The molecule has 0 N–H and O–H groups in total. The van der Waals surface area contributed by atoms with Crippen LogP contribution in [0, 0.1) is 0 Å². The lowest BCUT2D eigenvalue weighted by Crippen LogP contribution is -2.21. The number of para-hydroxylation sites is 1. The first-order chi connectivity index (χ1) is 14.9. The van der Waals surface area contributed by atoms with Crippen molar-refractivity contribution in [3.63, 3.8) is 0 Å². The molecule has 0 amide bonds. The summed E-state index contributed by atoms with van der Waals surface area (Å²) in [5, 5.41) is 0. The molecular formula is C26H27F3O2. The summed E-state index contributed by atoms with van der Waals surface area (Å²) in [6.45, 7) is 4.27. The largest absolute Gasteiger partial charge is 0.494 e. The Balaban J connectivity index is 1.68. The van der Waals surface area contributed by atoms with Gasteiger partial charge in [0, 0.05) is 0 Å². The first-order valence-corrected chi connectivity index (χ1v) is 10.5. The smallest absolute Gasteiger partial charge is 0.395 e. The molecule has 0 aliphatic rings. The van der Waals surface area contributed by atoms with E-state index in [1.165, 1.54) is 12.1 Å². The molecule has 3 aromatic carbocycles. The van der Waals surface area contributed by atoms with Gasteiger partial charge in [-0.1, -0.05) is 49.4 Å². The molecule has 5 heteroatoms. The number of alkyl halides is 3. The molecule has 0 fully saturated rings. The van der Waals surface area contributed by atoms with E-state index in [0.29, 0.717) is 24.5 Å². The molecule has 2 atom stereocenters. The summed E-state index contributed by atoms with van der Waals surface area (Å²) in [6.07, 6.45) is -3.88. The van der Waals surface area contributed by atoms with Crippen LogP contribution in [0.15, 0.2) is 78.9 Å². The highest BCUT2D eigenvalue weighted by Gasteiger charge is 2.40. The SMILES string of the molecule is CCOc1ccc(C(CCC(C)c2cccc(Oc3ccccc3)c2)C(F)(F)F)cc1. The van der Waals surface area contributed by atoms with Crippen molar-refractivity contribution in [3.05, 3.63) is 90.0 Å². The van der Waals surface area contributed by atoms with Gasteiger partial charge in [-0.2, -0.15) is 13.2 Å². The van der Waals surface area contributed by atoms with Crippen molar-refractivity contribution in [2.24, 2.45) is 0 Å². The van der Waals surface area contributed by atoms with Crippen molar-refractivity contribution >= 4 is 0 Å². The number of ether oxygens (including phenoxy) is 2. The van der Waals surface area contributed by atoms with Gasteiger partial charge in [-0.3, -0.25) is 0 Å². The van der Waals surface area contributed by atoms with Crippen molar-refractivity contribution in [2.75, 3.05) is 6.61 Å². The van der Waals surface area contributed by atoms with E-state index in [4.69, 9.17) is 9.47 Å². The highest BCUT2D eigenvalue weighted by molar-refractivity contribution is 5.35. The van der Waals surface area contributed by atoms with Gasteiger partial charge in [0.2, 0.25) is 0 Å². The zero-order valence-electron chi connectivity index (χ0n) is 17.7. The minimum Gasteiger partial charge on any atom is -0.494 e. The Kier molecular flexibility index (Phi) is 7.61. The van der Waals surface area contributed by atoms with Crippen LogP contribution in [0.25, 0.3) is 0 Å². The Morgan fingerprint density at radius 2 is 1.42 bits per heavy atom. The van der Waals surface area contributed by atoms with Crippen molar-refractivity contribution in [3.8, 4) is 17.2 Å². The molecule has 0 radical (unpaired) electrons. The highest BCUT2D eigenvalue weighted by Crippen LogP contribution is 2.40. The third kappa shape index (κ3) is 6.51. The second kappa shape index (κ2) is 10.4. The Morgan fingerprint density at radius 1 is 0.742 bits per heavy atom. The fourth-order valence-electron chi connectivity index (χ4n) is 3.57. The maximum absolute atomic E-state index is 13.8. The Hall–Kier alpha value is -2.95. The lowest BCUT2D eigenvalue weighted by Gasteiger charge is -2.23. The Morgan fingerprint density at radius 3 is 2.06 bits per heavy atom. The first-order valence-electron chi connectivity index (χ1n) is 10.5. The van der Waals surface area contributed by atoms with Gasteiger partial charge in [-0.25, -0.2) is 0 Å². The van der Waals surface area contributed by atoms with Crippen LogP contribution in [0.2, 0.25) is 0 Å². The first kappa shape index (κ1) is 22.7.